The lowest BCUT2D eigenvalue weighted by atomic mass is 10.1. The Morgan fingerprint density at radius 2 is 1.79 bits per heavy atom. The van der Waals surface area contributed by atoms with Crippen LogP contribution in [0.4, 0.5) is 0 Å². The van der Waals surface area contributed by atoms with E-state index in [2.05, 4.69) is 5.32 Å². The Labute approximate surface area is 140 Å². The van der Waals surface area contributed by atoms with Crippen LogP contribution < -0.4 is 11.1 Å². The fourth-order valence-corrected chi connectivity index (χ4v) is 2.79. The topological polar surface area (TPSA) is 77.1 Å². The van der Waals surface area contributed by atoms with Gasteiger partial charge in [0.2, 0.25) is 11.8 Å². The third-order valence-corrected chi connectivity index (χ3v) is 4.06. The SMILES string of the molecule is Cn1cc(CC(=O)NCc2ccc(C(N)=O)cc2)c2ccccc21. The first-order valence-electron chi connectivity index (χ1n) is 7.73. The predicted octanol–water partition coefficient (Wildman–Crippen LogP) is 2.14. The molecule has 0 radical (unpaired) electrons. The molecule has 5 heteroatoms. The number of primary amides is 1. The lowest BCUT2D eigenvalue weighted by Crippen LogP contribution is -2.24. The first kappa shape index (κ1) is 15.8. The number of para-hydroxylation sites is 1. The van der Waals surface area contributed by atoms with Gasteiger partial charge in [0.05, 0.1) is 6.42 Å². The lowest BCUT2D eigenvalue weighted by Gasteiger charge is -2.06. The fourth-order valence-electron chi connectivity index (χ4n) is 2.79. The Morgan fingerprint density at radius 1 is 1.08 bits per heavy atom. The molecule has 0 atom stereocenters. The van der Waals surface area contributed by atoms with Crippen molar-refractivity contribution in [1.29, 1.82) is 0 Å². The Morgan fingerprint density at radius 3 is 2.50 bits per heavy atom. The smallest absolute Gasteiger partial charge is 0.248 e. The molecule has 3 N–H and O–H groups in total. The summed E-state index contributed by atoms with van der Waals surface area (Å²) in [6.07, 6.45) is 2.33. The average Bonchev–Trinajstić information content (AvgIpc) is 2.90. The largest absolute Gasteiger partial charge is 0.366 e. The maximum absolute atomic E-state index is 12.2. The number of fused-ring (bicyclic) bond motifs is 1. The standard InChI is InChI=1S/C19H19N3O2/c1-22-12-15(16-4-2-3-5-17(16)22)10-18(23)21-11-13-6-8-14(9-7-13)19(20)24/h2-9,12H,10-11H2,1H3,(H2,20,24)(H,21,23). The highest BCUT2D eigenvalue weighted by Crippen LogP contribution is 2.20. The molecule has 122 valence electrons. The molecule has 24 heavy (non-hydrogen) atoms. The zero-order valence-corrected chi connectivity index (χ0v) is 13.5. The summed E-state index contributed by atoms with van der Waals surface area (Å²) in [6, 6.07) is 14.9. The van der Waals surface area contributed by atoms with Crippen molar-refractivity contribution in [2.75, 3.05) is 0 Å². The molecule has 0 aliphatic heterocycles. The highest BCUT2D eigenvalue weighted by molar-refractivity contribution is 5.92. The van der Waals surface area contributed by atoms with Crippen molar-refractivity contribution in [2.45, 2.75) is 13.0 Å². The van der Waals surface area contributed by atoms with E-state index < -0.39 is 5.91 Å². The van der Waals surface area contributed by atoms with Crippen LogP contribution >= 0.6 is 0 Å². The summed E-state index contributed by atoms with van der Waals surface area (Å²) in [5.74, 6) is -0.494. The highest BCUT2D eigenvalue weighted by Gasteiger charge is 2.10. The molecular weight excluding hydrogens is 302 g/mol. The number of benzene rings is 2. The molecule has 0 fully saturated rings. The van der Waals surface area contributed by atoms with E-state index >= 15 is 0 Å². The summed E-state index contributed by atoms with van der Waals surface area (Å²) < 4.78 is 2.03. The van der Waals surface area contributed by atoms with E-state index in [9.17, 15) is 9.59 Å². The first-order valence-corrected chi connectivity index (χ1v) is 7.73. The zero-order valence-electron chi connectivity index (χ0n) is 13.5. The van der Waals surface area contributed by atoms with Gasteiger partial charge < -0.3 is 15.6 Å². The second kappa shape index (κ2) is 6.58. The zero-order chi connectivity index (χ0) is 17.1. The maximum atomic E-state index is 12.2. The van der Waals surface area contributed by atoms with Crippen molar-refractivity contribution < 1.29 is 9.59 Å². The van der Waals surface area contributed by atoms with Crippen LogP contribution in [0.1, 0.15) is 21.5 Å². The van der Waals surface area contributed by atoms with Gasteiger partial charge in [0.15, 0.2) is 0 Å². The van der Waals surface area contributed by atoms with E-state index in [0.29, 0.717) is 18.5 Å². The summed E-state index contributed by atoms with van der Waals surface area (Å²) in [4.78, 5) is 23.3. The Hall–Kier alpha value is -3.08. The molecule has 0 aliphatic carbocycles. The van der Waals surface area contributed by atoms with Crippen molar-refractivity contribution in [2.24, 2.45) is 12.8 Å². The average molecular weight is 321 g/mol. The minimum absolute atomic E-state index is 0.0367. The molecule has 0 unspecified atom stereocenters. The van der Waals surface area contributed by atoms with Crippen LogP contribution in [0.2, 0.25) is 0 Å². The Bertz CT molecular complexity index is 895. The minimum atomic E-state index is -0.457. The van der Waals surface area contributed by atoms with Crippen molar-refractivity contribution >= 4 is 22.7 Å². The van der Waals surface area contributed by atoms with E-state index in [1.807, 2.05) is 42.1 Å². The number of nitrogens with one attached hydrogen (secondary N) is 1. The van der Waals surface area contributed by atoms with E-state index in [-0.39, 0.29) is 5.91 Å². The lowest BCUT2D eigenvalue weighted by molar-refractivity contribution is -0.120. The van der Waals surface area contributed by atoms with E-state index in [4.69, 9.17) is 5.73 Å². The van der Waals surface area contributed by atoms with Gasteiger partial charge in [-0.3, -0.25) is 9.59 Å². The summed E-state index contributed by atoms with van der Waals surface area (Å²) in [5, 5.41) is 4.00. The molecule has 2 amide bonds. The number of carbonyl (C=O) groups is 2. The van der Waals surface area contributed by atoms with Crippen LogP contribution in [0.25, 0.3) is 10.9 Å². The van der Waals surface area contributed by atoms with Gasteiger partial charge >= 0.3 is 0 Å². The van der Waals surface area contributed by atoms with Crippen molar-refractivity contribution in [3.05, 3.63) is 71.4 Å². The van der Waals surface area contributed by atoms with Gasteiger partial charge in [-0.05, 0) is 29.3 Å². The van der Waals surface area contributed by atoms with Gasteiger partial charge in [-0.1, -0.05) is 30.3 Å². The first-order chi connectivity index (χ1) is 11.5. The normalized spacial score (nSPS) is 10.7. The van der Waals surface area contributed by atoms with Crippen LogP contribution in [0.5, 0.6) is 0 Å². The summed E-state index contributed by atoms with van der Waals surface area (Å²) in [7, 11) is 1.98. The number of rotatable bonds is 5. The number of aryl methyl sites for hydroxylation is 1. The van der Waals surface area contributed by atoms with E-state index in [1.54, 1.807) is 24.3 Å². The highest BCUT2D eigenvalue weighted by atomic mass is 16.1. The van der Waals surface area contributed by atoms with Crippen LogP contribution in [-0.2, 0) is 24.8 Å². The third-order valence-electron chi connectivity index (χ3n) is 4.06. The van der Waals surface area contributed by atoms with Gasteiger partial charge in [0.25, 0.3) is 0 Å². The molecule has 5 nitrogen and oxygen atoms in total. The Balaban J connectivity index is 1.64. The molecule has 0 saturated heterocycles. The number of carbonyl (C=O) groups excluding carboxylic acids is 2. The van der Waals surface area contributed by atoms with Crippen LogP contribution in [0.3, 0.4) is 0 Å². The van der Waals surface area contributed by atoms with Gasteiger partial charge in [-0.25, -0.2) is 0 Å². The second-order valence-corrected chi connectivity index (χ2v) is 5.80. The van der Waals surface area contributed by atoms with Crippen molar-refractivity contribution in [3.63, 3.8) is 0 Å². The van der Waals surface area contributed by atoms with Gasteiger partial charge in [0, 0.05) is 36.3 Å². The molecule has 3 rings (SSSR count). The second-order valence-electron chi connectivity index (χ2n) is 5.80. The fraction of sp³-hybridized carbons (Fsp3) is 0.158. The number of amides is 2. The molecule has 0 spiro atoms. The van der Waals surface area contributed by atoms with Crippen molar-refractivity contribution in [3.8, 4) is 0 Å². The molecule has 0 bridgehead atoms. The Kier molecular flexibility index (Phi) is 4.33. The molecular formula is C19H19N3O2. The predicted molar refractivity (Wildman–Crippen MR) is 93.4 cm³/mol. The number of nitrogens with two attached hydrogens (primary N) is 1. The minimum Gasteiger partial charge on any atom is -0.366 e. The molecule has 2 aromatic carbocycles. The summed E-state index contributed by atoms with van der Waals surface area (Å²) >= 11 is 0. The molecule has 1 aromatic heterocycles. The quantitative estimate of drug-likeness (QED) is 0.755. The number of nitrogens with zero attached hydrogens (tertiary/aromatic N) is 1. The molecule has 1 heterocycles. The maximum Gasteiger partial charge on any atom is 0.248 e. The monoisotopic (exact) mass is 321 g/mol. The molecule has 3 aromatic rings. The van der Waals surface area contributed by atoms with Gasteiger partial charge in [-0.2, -0.15) is 0 Å². The third kappa shape index (κ3) is 3.30. The molecule has 0 saturated carbocycles. The summed E-state index contributed by atoms with van der Waals surface area (Å²) in [6.45, 7) is 0.419. The van der Waals surface area contributed by atoms with Crippen molar-refractivity contribution in [1.82, 2.24) is 9.88 Å². The van der Waals surface area contributed by atoms with Gasteiger partial charge in [-0.15, -0.1) is 0 Å². The van der Waals surface area contributed by atoms with Crippen LogP contribution in [0, 0.1) is 0 Å². The van der Waals surface area contributed by atoms with Crippen LogP contribution in [-0.4, -0.2) is 16.4 Å². The number of hydrogen-bond acceptors (Lipinski definition) is 2. The molecule has 0 aliphatic rings. The number of aromatic nitrogens is 1. The number of hydrogen-bond donors (Lipinski definition) is 2. The van der Waals surface area contributed by atoms with E-state index in [0.717, 1.165) is 22.0 Å². The van der Waals surface area contributed by atoms with Gasteiger partial charge in [0.1, 0.15) is 0 Å². The van der Waals surface area contributed by atoms with Crippen LogP contribution in [0.15, 0.2) is 54.7 Å². The summed E-state index contributed by atoms with van der Waals surface area (Å²) in [5.41, 5.74) is 8.71. The van der Waals surface area contributed by atoms with E-state index in [1.165, 1.54) is 0 Å².